The van der Waals surface area contributed by atoms with Gasteiger partial charge in [0.05, 0.1) is 29.7 Å². The molecule has 2 rings (SSSR count). The minimum absolute atomic E-state index is 0.112. The lowest BCUT2D eigenvalue weighted by atomic mass is 10.00. The molecule has 1 atom stereocenters. The van der Waals surface area contributed by atoms with Crippen LogP contribution in [0.1, 0.15) is 63.9 Å². The van der Waals surface area contributed by atoms with Crippen molar-refractivity contribution in [1.29, 1.82) is 0 Å². The Hall–Kier alpha value is -2.30. The first-order chi connectivity index (χ1) is 11.8. The van der Waals surface area contributed by atoms with Crippen LogP contribution in [-0.4, -0.2) is 22.4 Å². The lowest BCUT2D eigenvalue weighted by Gasteiger charge is -2.14. The summed E-state index contributed by atoms with van der Waals surface area (Å²) in [7, 11) is 1.63. The minimum Gasteiger partial charge on any atom is -0.481 e. The Kier molecular flexibility index (Phi) is 7.68. The van der Waals surface area contributed by atoms with Crippen LogP contribution >= 0.6 is 0 Å². The smallest absolute Gasteiger partial charge is 0.208 e. The van der Waals surface area contributed by atoms with Crippen molar-refractivity contribution in [3.05, 3.63) is 41.0 Å². The fraction of sp³-hybridized carbons (Fsp3) is 0.500. The van der Waals surface area contributed by atoms with Gasteiger partial charge < -0.3 is 10.5 Å². The highest BCUT2D eigenvalue weighted by Gasteiger charge is 2.19. The van der Waals surface area contributed by atoms with Gasteiger partial charge >= 0.3 is 0 Å². The predicted octanol–water partition coefficient (Wildman–Crippen LogP) is 5.02. The maximum absolute atomic E-state index is 6.12. The molecule has 0 aliphatic heterocycles. The Morgan fingerprint density at radius 3 is 2.48 bits per heavy atom. The van der Waals surface area contributed by atoms with Crippen molar-refractivity contribution >= 4 is 16.9 Å². The standard InChI is InChI=1S/C17H24N4O.C3H8/c1-7-16(22-6)19-13(5)12(4)17-10(2)8-15-14(18)9-11(3)20-21(15)17;1-3-2/h7-9,12H,18H2,1-6H3;3H2,1-2H3/b16-7+,19-13-;. The number of allylic oxidation sites excluding steroid dienone is 1. The molecule has 0 amide bonds. The number of nitrogen functional groups attached to an aromatic ring is 1. The van der Waals surface area contributed by atoms with E-state index < -0.39 is 0 Å². The predicted molar refractivity (Wildman–Crippen MR) is 107 cm³/mol. The second-order valence-corrected chi connectivity index (χ2v) is 6.26. The normalized spacial score (nSPS) is 13.4. The summed E-state index contributed by atoms with van der Waals surface area (Å²) >= 11 is 0. The number of rotatable bonds is 4. The van der Waals surface area contributed by atoms with Gasteiger partial charge in [-0.15, -0.1) is 0 Å². The van der Waals surface area contributed by atoms with Gasteiger partial charge in [-0.05, 0) is 51.5 Å². The minimum atomic E-state index is 0.112. The second-order valence-electron chi connectivity index (χ2n) is 6.26. The highest BCUT2D eigenvalue weighted by atomic mass is 16.5. The van der Waals surface area contributed by atoms with Crippen LogP contribution in [0.5, 0.6) is 0 Å². The van der Waals surface area contributed by atoms with Crippen LogP contribution in [0.3, 0.4) is 0 Å². The topological polar surface area (TPSA) is 64.9 Å². The largest absolute Gasteiger partial charge is 0.481 e. The van der Waals surface area contributed by atoms with E-state index >= 15 is 0 Å². The third kappa shape index (κ3) is 4.84. The maximum atomic E-state index is 6.12. The molecular weight excluding hydrogens is 312 g/mol. The van der Waals surface area contributed by atoms with E-state index in [1.54, 1.807) is 7.11 Å². The average molecular weight is 345 g/mol. The van der Waals surface area contributed by atoms with E-state index in [1.165, 1.54) is 6.42 Å². The van der Waals surface area contributed by atoms with Gasteiger partial charge in [0.1, 0.15) is 0 Å². The SMILES string of the molecule is C/C=C(\N=C(\C)C(C)c1c(C)cc2c(N)cc(C)nn12)OC.CCC. The van der Waals surface area contributed by atoms with Crippen LogP contribution < -0.4 is 5.73 Å². The number of aryl methyl sites for hydroxylation is 2. The number of ether oxygens (including phenoxy) is 1. The fourth-order valence-corrected chi connectivity index (χ4v) is 2.66. The first-order valence-electron chi connectivity index (χ1n) is 8.81. The van der Waals surface area contributed by atoms with E-state index in [1.807, 2.05) is 37.4 Å². The van der Waals surface area contributed by atoms with Crippen molar-refractivity contribution in [1.82, 2.24) is 9.61 Å². The number of methoxy groups -OCH3 is 1. The molecule has 2 aromatic heterocycles. The third-order valence-corrected chi connectivity index (χ3v) is 3.91. The number of aromatic nitrogens is 2. The van der Waals surface area contributed by atoms with Gasteiger partial charge in [0.15, 0.2) is 0 Å². The molecule has 0 radical (unpaired) electrons. The molecule has 2 N–H and O–H groups in total. The molecule has 2 heterocycles. The summed E-state index contributed by atoms with van der Waals surface area (Å²) in [6.07, 6.45) is 3.10. The molecule has 0 aromatic carbocycles. The lowest BCUT2D eigenvalue weighted by Crippen LogP contribution is -2.12. The van der Waals surface area contributed by atoms with Crippen molar-refractivity contribution in [2.45, 2.75) is 60.8 Å². The highest BCUT2D eigenvalue weighted by molar-refractivity contribution is 5.89. The van der Waals surface area contributed by atoms with Crippen LogP contribution in [0.25, 0.3) is 5.52 Å². The first kappa shape index (κ1) is 20.7. The van der Waals surface area contributed by atoms with Crippen LogP contribution in [0.4, 0.5) is 5.69 Å². The number of nitrogens with zero attached hydrogens (tertiary/aromatic N) is 3. The highest BCUT2D eigenvalue weighted by Crippen LogP contribution is 2.27. The molecule has 0 aliphatic rings. The summed E-state index contributed by atoms with van der Waals surface area (Å²) in [5.41, 5.74) is 11.9. The molecule has 0 aliphatic carbocycles. The number of hydrogen-bond acceptors (Lipinski definition) is 4. The molecule has 5 heteroatoms. The van der Waals surface area contributed by atoms with Crippen LogP contribution in [-0.2, 0) is 4.74 Å². The van der Waals surface area contributed by atoms with Crippen molar-refractivity contribution in [2.24, 2.45) is 4.99 Å². The molecule has 2 aromatic rings. The quantitative estimate of drug-likeness (QED) is 0.625. The van der Waals surface area contributed by atoms with Crippen molar-refractivity contribution < 1.29 is 4.74 Å². The Morgan fingerprint density at radius 1 is 1.36 bits per heavy atom. The van der Waals surface area contributed by atoms with Crippen molar-refractivity contribution in [3.63, 3.8) is 0 Å². The van der Waals surface area contributed by atoms with E-state index in [-0.39, 0.29) is 5.92 Å². The van der Waals surface area contributed by atoms with Crippen LogP contribution in [0, 0.1) is 13.8 Å². The van der Waals surface area contributed by atoms with Crippen LogP contribution in [0.15, 0.2) is 29.1 Å². The fourth-order valence-electron chi connectivity index (χ4n) is 2.66. The molecule has 0 spiro atoms. The van der Waals surface area contributed by atoms with Gasteiger partial charge in [-0.2, -0.15) is 5.10 Å². The van der Waals surface area contributed by atoms with Gasteiger partial charge in [0.25, 0.3) is 0 Å². The Labute approximate surface area is 151 Å². The molecule has 1 unspecified atom stereocenters. The average Bonchev–Trinajstić information content (AvgIpc) is 2.88. The van der Waals surface area contributed by atoms with Gasteiger partial charge in [-0.3, -0.25) is 0 Å². The van der Waals surface area contributed by atoms with E-state index in [9.17, 15) is 0 Å². The van der Waals surface area contributed by atoms with Crippen LogP contribution in [0.2, 0.25) is 0 Å². The van der Waals surface area contributed by atoms with Gasteiger partial charge in [0.2, 0.25) is 5.88 Å². The lowest BCUT2D eigenvalue weighted by molar-refractivity contribution is 0.287. The zero-order chi connectivity index (χ0) is 19.1. The molecule has 25 heavy (non-hydrogen) atoms. The molecule has 138 valence electrons. The van der Waals surface area contributed by atoms with E-state index in [4.69, 9.17) is 10.5 Å². The summed E-state index contributed by atoms with van der Waals surface area (Å²) in [6.45, 7) is 14.3. The number of hydrogen-bond donors (Lipinski definition) is 1. The maximum Gasteiger partial charge on any atom is 0.208 e. The number of anilines is 1. The first-order valence-corrected chi connectivity index (χ1v) is 8.81. The zero-order valence-electron chi connectivity index (χ0n) is 16.8. The monoisotopic (exact) mass is 344 g/mol. The third-order valence-electron chi connectivity index (χ3n) is 3.91. The number of fused-ring (bicyclic) bond motifs is 1. The summed E-state index contributed by atoms with van der Waals surface area (Å²) in [5, 5.41) is 4.62. The van der Waals surface area contributed by atoms with Gasteiger partial charge in [0, 0.05) is 11.6 Å². The Morgan fingerprint density at radius 2 is 1.96 bits per heavy atom. The molecule has 0 fully saturated rings. The van der Waals surface area contributed by atoms with E-state index in [0.29, 0.717) is 5.88 Å². The summed E-state index contributed by atoms with van der Waals surface area (Å²) < 4.78 is 7.16. The Balaban J connectivity index is 0.000000970. The summed E-state index contributed by atoms with van der Waals surface area (Å²) in [6, 6.07) is 3.97. The Bertz CT molecular complexity index is 772. The van der Waals surface area contributed by atoms with Gasteiger partial charge in [-0.25, -0.2) is 9.51 Å². The zero-order valence-corrected chi connectivity index (χ0v) is 16.8. The van der Waals surface area contributed by atoms with E-state index in [2.05, 4.69) is 43.9 Å². The van der Waals surface area contributed by atoms with Crippen molar-refractivity contribution in [2.75, 3.05) is 12.8 Å². The summed E-state index contributed by atoms with van der Waals surface area (Å²) in [4.78, 5) is 4.55. The molecule has 0 saturated carbocycles. The molecular formula is C20H32N4O. The molecule has 5 nitrogen and oxygen atoms in total. The van der Waals surface area contributed by atoms with Gasteiger partial charge in [-0.1, -0.05) is 27.2 Å². The molecule has 0 bridgehead atoms. The number of aliphatic imine (C=N–C) groups is 1. The number of nitrogens with two attached hydrogens (primary N) is 1. The summed E-state index contributed by atoms with van der Waals surface area (Å²) in [5.74, 6) is 0.729. The second kappa shape index (κ2) is 9.25. The van der Waals surface area contributed by atoms with Crippen molar-refractivity contribution in [3.8, 4) is 0 Å². The van der Waals surface area contributed by atoms with E-state index in [0.717, 1.165) is 33.9 Å². The molecule has 0 saturated heterocycles.